The van der Waals surface area contributed by atoms with Gasteiger partial charge in [0.05, 0.1) is 11.7 Å². The molecule has 0 aliphatic heterocycles. The molecule has 1 fully saturated rings. The Bertz CT molecular complexity index is 388. The molecule has 3 nitrogen and oxygen atoms in total. The zero-order chi connectivity index (χ0) is 12.3. The van der Waals surface area contributed by atoms with Gasteiger partial charge in [-0.25, -0.2) is 4.79 Å². The zero-order valence-corrected chi connectivity index (χ0v) is 10.2. The molecule has 2 rings (SSSR count). The SMILES string of the molecule is O=C(O[C@H]1CCCC[C@@H]1O)c1ccc(Cl)cc1. The quantitative estimate of drug-likeness (QED) is 0.826. The number of rotatable bonds is 2. The van der Waals surface area contributed by atoms with Crippen molar-refractivity contribution in [3.8, 4) is 0 Å². The number of aliphatic hydroxyl groups excluding tert-OH is 1. The summed E-state index contributed by atoms with van der Waals surface area (Å²) in [6.07, 6.45) is 2.54. The first kappa shape index (κ1) is 12.4. The van der Waals surface area contributed by atoms with Gasteiger partial charge in [0.25, 0.3) is 0 Å². The summed E-state index contributed by atoms with van der Waals surface area (Å²) >= 11 is 5.74. The monoisotopic (exact) mass is 254 g/mol. The van der Waals surface area contributed by atoms with Gasteiger partial charge in [0, 0.05) is 5.02 Å². The van der Waals surface area contributed by atoms with Crippen LogP contribution in [0.3, 0.4) is 0 Å². The lowest BCUT2D eigenvalue weighted by Gasteiger charge is -2.27. The first-order valence-corrected chi connectivity index (χ1v) is 6.19. The fourth-order valence-corrected chi connectivity index (χ4v) is 2.13. The number of halogens is 1. The molecule has 0 unspecified atom stereocenters. The molecule has 0 spiro atoms. The first-order chi connectivity index (χ1) is 8.16. The summed E-state index contributed by atoms with van der Waals surface area (Å²) in [5.74, 6) is -0.396. The molecule has 1 aromatic carbocycles. The van der Waals surface area contributed by atoms with Crippen LogP contribution in [-0.4, -0.2) is 23.3 Å². The smallest absolute Gasteiger partial charge is 0.338 e. The highest BCUT2D eigenvalue weighted by Gasteiger charge is 2.26. The fraction of sp³-hybridized carbons (Fsp3) is 0.462. The average molecular weight is 255 g/mol. The van der Waals surface area contributed by atoms with Crippen molar-refractivity contribution in [2.45, 2.75) is 37.9 Å². The van der Waals surface area contributed by atoms with Crippen molar-refractivity contribution >= 4 is 17.6 Å². The second-order valence-electron chi connectivity index (χ2n) is 4.30. The van der Waals surface area contributed by atoms with Crippen LogP contribution in [0.25, 0.3) is 0 Å². The van der Waals surface area contributed by atoms with Crippen molar-refractivity contribution in [2.24, 2.45) is 0 Å². The highest BCUT2D eigenvalue weighted by molar-refractivity contribution is 6.30. The topological polar surface area (TPSA) is 46.5 Å². The molecule has 0 amide bonds. The lowest BCUT2D eigenvalue weighted by Crippen LogP contribution is -2.34. The normalized spacial score (nSPS) is 24.4. The van der Waals surface area contributed by atoms with Crippen molar-refractivity contribution in [3.63, 3.8) is 0 Å². The molecular formula is C13H15ClO3. The van der Waals surface area contributed by atoms with Gasteiger partial charge in [0.1, 0.15) is 6.10 Å². The maximum atomic E-state index is 11.8. The summed E-state index contributed by atoms with van der Waals surface area (Å²) in [6, 6.07) is 6.55. The third-order valence-electron chi connectivity index (χ3n) is 3.01. The molecular weight excluding hydrogens is 240 g/mol. The molecule has 0 radical (unpaired) electrons. The molecule has 0 saturated heterocycles. The Morgan fingerprint density at radius 3 is 2.53 bits per heavy atom. The summed E-state index contributed by atoms with van der Waals surface area (Å²) in [5, 5.41) is 10.3. The van der Waals surface area contributed by atoms with Crippen LogP contribution in [0.5, 0.6) is 0 Å². The Kier molecular flexibility index (Phi) is 4.02. The van der Waals surface area contributed by atoms with Crippen LogP contribution < -0.4 is 0 Å². The van der Waals surface area contributed by atoms with Crippen LogP contribution in [0, 0.1) is 0 Å². The number of ether oxygens (including phenoxy) is 1. The van der Waals surface area contributed by atoms with Crippen LogP contribution in [0.1, 0.15) is 36.0 Å². The van der Waals surface area contributed by atoms with Gasteiger partial charge in [-0.1, -0.05) is 18.0 Å². The molecule has 4 heteroatoms. The Hall–Kier alpha value is -1.06. The Morgan fingerprint density at radius 1 is 1.24 bits per heavy atom. The molecule has 1 aliphatic carbocycles. The minimum absolute atomic E-state index is 0.369. The minimum atomic E-state index is -0.528. The van der Waals surface area contributed by atoms with Gasteiger partial charge in [-0.2, -0.15) is 0 Å². The molecule has 0 heterocycles. The summed E-state index contributed by atoms with van der Waals surface area (Å²) in [6.45, 7) is 0. The maximum absolute atomic E-state index is 11.8. The second-order valence-corrected chi connectivity index (χ2v) is 4.74. The van der Waals surface area contributed by atoms with Crippen LogP contribution in [0.15, 0.2) is 24.3 Å². The van der Waals surface area contributed by atoms with Crippen LogP contribution in [0.2, 0.25) is 5.02 Å². The predicted molar refractivity (Wildman–Crippen MR) is 65.1 cm³/mol. The van der Waals surface area contributed by atoms with Crippen molar-refractivity contribution in [3.05, 3.63) is 34.9 Å². The van der Waals surface area contributed by atoms with Crippen LogP contribution >= 0.6 is 11.6 Å². The standard InChI is InChI=1S/C13H15ClO3/c14-10-7-5-9(6-8-10)13(16)17-12-4-2-1-3-11(12)15/h5-8,11-12,15H,1-4H2/t11-,12-/m0/s1. The third kappa shape index (κ3) is 3.20. The molecule has 0 bridgehead atoms. The van der Waals surface area contributed by atoms with Gasteiger partial charge in [0.15, 0.2) is 0 Å². The van der Waals surface area contributed by atoms with E-state index in [1.165, 1.54) is 0 Å². The van der Waals surface area contributed by atoms with Gasteiger partial charge >= 0.3 is 5.97 Å². The van der Waals surface area contributed by atoms with E-state index in [1.807, 2.05) is 0 Å². The van der Waals surface area contributed by atoms with E-state index < -0.39 is 12.1 Å². The van der Waals surface area contributed by atoms with E-state index >= 15 is 0 Å². The minimum Gasteiger partial charge on any atom is -0.456 e. The third-order valence-corrected chi connectivity index (χ3v) is 3.26. The van der Waals surface area contributed by atoms with E-state index in [4.69, 9.17) is 16.3 Å². The Morgan fingerprint density at radius 2 is 1.88 bits per heavy atom. The summed E-state index contributed by atoms with van der Waals surface area (Å²) < 4.78 is 5.30. The van der Waals surface area contributed by atoms with E-state index in [9.17, 15) is 9.90 Å². The summed E-state index contributed by atoms with van der Waals surface area (Å²) in [7, 11) is 0. The fourth-order valence-electron chi connectivity index (χ4n) is 2.01. The largest absolute Gasteiger partial charge is 0.456 e. The van der Waals surface area contributed by atoms with Gasteiger partial charge in [-0.15, -0.1) is 0 Å². The highest BCUT2D eigenvalue weighted by atomic mass is 35.5. The maximum Gasteiger partial charge on any atom is 0.338 e. The van der Waals surface area contributed by atoms with E-state index in [0.717, 1.165) is 19.3 Å². The molecule has 1 aromatic rings. The number of carbonyl (C=O) groups excluding carboxylic acids is 1. The number of esters is 1. The molecule has 92 valence electrons. The van der Waals surface area contributed by atoms with Gasteiger partial charge in [0.2, 0.25) is 0 Å². The lowest BCUT2D eigenvalue weighted by atomic mass is 9.95. The summed E-state index contributed by atoms with van der Waals surface area (Å²) in [4.78, 5) is 11.8. The summed E-state index contributed by atoms with van der Waals surface area (Å²) in [5.41, 5.74) is 0.465. The molecule has 2 atom stereocenters. The van der Waals surface area contributed by atoms with Crippen molar-refractivity contribution in [2.75, 3.05) is 0 Å². The van der Waals surface area contributed by atoms with Crippen molar-refractivity contribution in [1.82, 2.24) is 0 Å². The Labute approximate surface area is 105 Å². The van der Waals surface area contributed by atoms with E-state index in [0.29, 0.717) is 17.0 Å². The van der Waals surface area contributed by atoms with Gasteiger partial charge in [-0.3, -0.25) is 0 Å². The molecule has 1 N–H and O–H groups in total. The number of hydrogen-bond acceptors (Lipinski definition) is 3. The lowest BCUT2D eigenvalue weighted by molar-refractivity contribution is -0.0360. The first-order valence-electron chi connectivity index (χ1n) is 5.81. The average Bonchev–Trinajstić information content (AvgIpc) is 2.33. The Balaban J connectivity index is 1.98. The van der Waals surface area contributed by atoms with Crippen LogP contribution in [0.4, 0.5) is 0 Å². The van der Waals surface area contributed by atoms with Crippen molar-refractivity contribution in [1.29, 1.82) is 0 Å². The van der Waals surface area contributed by atoms with Crippen LogP contribution in [-0.2, 0) is 4.74 Å². The molecule has 17 heavy (non-hydrogen) atoms. The van der Waals surface area contributed by atoms with E-state index in [1.54, 1.807) is 24.3 Å². The zero-order valence-electron chi connectivity index (χ0n) is 9.43. The number of carbonyl (C=O) groups is 1. The predicted octanol–water partition coefficient (Wildman–Crippen LogP) is 2.80. The van der Waals surface area contributed by atoms with Gasteiger partial charge < -0.3 is 9.84 Å². The molecule has 1 aliphatic rings. The van der Waals surface area contributed by atoms with E-state index in [2.05, 4.69) is 0 Å². The number of aliphatic hydroxyl groups is 1. The van der Waals surface area contributed by atoms with Crippen molar-refractivity contribution < 1.29 is 14.6 Å². The number of benzene rings is 1. The molecule has 0 aromatic heterocycles. The highest BCUT2D eigenvalue weighted by Crippen LogP contribution is 2.22. The van der Waals surface area contributed by atoms with Gasteiger partial charge in [-0.05, 0) is 43.5 Å². The molecule has 1 saturated carbocycles. The second kappa shape index (κ2) is 5.52. The van der Waals surface area contributed by atoms with E-state index in [-0.39, 0.29) is 6.10 Å². The number of hydrogen-bond donors (Lipinski definition) is 1.